The summed E-state index contributed by atoms with van der Waals surface area (Å²) in [5.74, 6) is -0.438. The Hall–Kier alpha value is -1.30. The fourth-order valence-electron chi connectivity index (χ4n) is 1.29. The normalized spacial score (nSPS) is 13.9. The van der Waals surface area contributed by atoms with Gasteiger partial charge in [0.1, 0.15) is 5.60 Å². The molecule has 0 aromatic carbocycles. The third-order valence-corrected chi connectivity index (χ3v) is 2.17. The Labute approximate surface area is 109 Å². The van der Waals surface area contributed by atoms with Crippen molar-refractivity contribution in [3.63, 3.8) is 0 Å². The summed E-state index contributed by atoms with van der Waals surface area (Å²) in [6, 6.07) is -0.0972. The Bertz CT molecular complexity index is 308. The third kappa shape index (κ3) is 7.11. The molecule has 106 valence electrons. The van der Waals surface area contributed by atoms with Gasteiger partial charge in [0.25, 0.3) is 0 Å². The van der Waals surface area contributed by atoms with E-state index in [1.807, 2.05) is 6.92 Å². The second-order valence-electron chi connectivity index (χ2n) is 5.92. The first-order valence-electron chi connectivity index (χ1n) is 5.98. The van der Waals surface area contributed by atoms with Crippen LogP contribution in [0.1, 0.15) is 41.5 Å². The highest BCUT2D eigenvalue weighted by Crippen LogP contribution is 2.06. The lowest BCUT2D eigenvalue weighted by atomic mass is 10.0. The van der Waals surface area contributed by atoms with Crippen molar-refractivity contribution in [3.8, 4) is 0 Å². The maximum atomic E-state index is 11.4. The zero-order chi connectivity index (χ0) is 14.6. The maximum absolute atomic E-state index is 11.4. The van der Waals surface area contributed by atoms with E-state index < -0.39 is 23.1 Å². The van der Waals surface area contributed by atoms with Crippen LogP contribution >= 0.6 is 0 Å². The van der Waals surface area contributed by atoms with E-state index in [1.165, 1.54) is 0 Å². The molecule has 4 N–H and O–H groups in total. The molecule has 0 fully saturated rings. The van der Waals surface area contributed by atoms with Gasteiger partial charge in [-0.3, -0.25) is 10.1 Å². The summed E-state index contributed by atoms with van der Waals surface area (Å²) >= 11 is 0. The Morgan fingerprint density at radius 3 is 2.11 bits per heavy atom. The van der Waals surface area contributed by atoms with Crippen LogP contribution in [0.15, 0.2) is 0 Å². The van der Waals surface area contributed by atoms with Crippen molar-refractivity contribution in [2.24, 2.45) is 5.73 Å². The molecular formula is C12H25N3O3. The standard InChI is InChI=1S/C12H25N3O3/c1-8(15-12(5,6)9(13)16)7-14-10(17)18-11(2,3)4/h8,15H,7H2,1-6H3,(H2,13,16)(H,14,17). The van der Waals surface area contributed by atoms with Gasteiger partial charge in [0.2, 0.25) is 5.91 Å². The first-order valence-corrected chi connectivity index (χ1v) is 5.98. The molecule has 0 radical (unpaired) electrons. The molecule has 0 rings (SSSR count). The number of primary amides is 1. The minimum absolute atomic E-state index is 0.0972. The van der Waals surface area contributed by atoms with E-state index in [4.69, 9.17) is 10.5 Å². The van der Waals surface area contributed by atoms with Crippen LogP contribution in [0.5, 0.6) is 0 Å². The summed E-state index contributed by atoms with van der Waals surface area (Å²) in [6.45, 7) is 11.0. The van der Waals surface area contributed by atoms with Gasteiger partial charge in [-0.1, -0.05) is 0 Å². The van der Waals surface area contributed by atoms with Gasteiger partial charge < -0.3 is 15.8 Å². The molecule has 1 atom stereocenters. The number of hydrogen-bond donors (Lipinski definition) is 3. The first-order chi connectivity index (χ1) is 7.94. The number of nitrogens with one attached hydrogen (secondary N) is 2. The molecule has 0 saturated carbocycles. The fourth-order valence-corrected chi connectivity index (χ4v) is 1.29. The van der Waals surface area contributed by atoms with Crippen LogP contribution < -0.4 is 16.4 Å². The van der Waals surface area contributed by atoms with Gasteiger partial charge in [0.05, 0.1) is 5.54 Å². The molecule has 0 aromatic heterocycles. The molecule has 1 unspecified atom stereocenters. The molecule has 6 nitrogen and oxygen atoms in total. The Kier molecular flexibility index (Phi) is 5.60. The van der Waals surface area contributed by atoms with E-state index in [2.05, 4.69) is 10.6 Å². The number of carbonyl (C=O) groups is 2. The quantitative estimate of drug-likeness (QED) is 0.679. The van der Waals surface area contributed by atoms with Crippen molar-refractivity contribution in [2.75, 3.05) is 6.54 Å². The van der Waals surface area contributed by atoms with E-state index in [-0.39, 0.29) is 6.04 Å². The van der Waals surface area contributed by atoms with Crippen molar-refractivity contribution >= 4 is 12.0 Å². The Morgan fingerprint density at radius 1 is 1.22 bits per heavy atom. The molecule has 0 aliphatic rings. The molecule has 0 aromatic rings. The Morgan fingerprint density at radius 2 is 1.72 bits per heavy atom. The molecule has 0 heterocycles. The number of amides is 2. The molecule has 18 heavy (non-hydrogen) atoms. The van der Waals surface area contributed by atoms with Crippen LogP contribution in [0.3, 0.4) is 0 Å². The minimum atomic E-state index is -0.810. The predicted octanol–water partition coefficient (Wildman–Crippen LogP) is 0.753. The van der Waals surface area contributed by atoms with E-state index in [1.54, 1.807) is 34.6 Å². The highest BCUT2D eigenvalue weighted by Gasteiger charge is 2.26. The number of hydrogen-bond acceptors (Lipinski definition) is 4. The van der Waals surface area contributed by atoms with Gasteiger partial charge in [0.15, 0.2) is 0 Å². The minimum Gasteiger partial charge on any atom is -0.444 e. The molecule has 0 aliphatic carbocycles. The molecule has 0 aliphatic heterocycles. The average molecular weight is 259 g/mol. The van der Waals surface area contributed by atoms with E-state index >= 15 is 0 Å². The summed E-state index contributed by atoms with van der Waals surface area (Å²) in [4.78, 5) is 22.5. The van der Waals surface area contributed by atoms with Gasteiger partial charge in [-0.15, -0.1) is 0 Å². The van der Waals surface area contributed by atoms with Gasteiger partial charge in [0, 0.05) is 12.6 Å². The third-order valence-electron chi connectivity index (χ3n) is 2.17. The zero-order valence-corrected chi connectivity index (χ0v) is 12.1. The average Bonchev–Trinajstić information content (AvgIpc) is 2.11. The lowest BCUT2D eigenvalue weighted by Gasteiger charge is -2.27. The zero-order valence-electron chi connectivity index (χ0n) is 12.1. The van der Waals surface area contributed by atoms with Crippen LogP contribution in [0.25, 0.3) is 0 Å². The highest BCUT2D eigenvalue weighted by atomic mass is 16.6. The fraction of sp³-hybridized carbons (Fsp3) is 0.833. The van der Waals surface area contributed by atoms with Gasteiger partial charge in [-0.25, -0.2) is 4.79 Å². The van der Waals surface area contributed by atoms with Crippen molar-refractivity contribution in [1.82, 2.24) is 10.6 Å². The smallest absolute Gasteiger partial charge is 0.407 e. The topological polar surface area (TPSA) is 93.4 Å². The van der Waals surface area contributed by atoms with Crippen LogP contribution in [0, 0.1) is 0 Å². The van der Waals surface area contributed by atoms with Crippen LogP contribution in [0.4, 0.5) is 4.79 Å². The van der Waals surface area contributed by atoms with E-state index in [0.717, 1.165) is 0 Å². The van der Waals surface area contributed by atoms with Crippen LogP contribution in [0.2, 0.25) is 0 Å². The lowest BCUT2D eigenvalue weighted by molar-refractivity contribution is -0.123. The number of nitrogens with two attached hydrogens (primary N) is 1. The van der Waals surface area contributed by atoms with Gasteiger partial charge in [-0.05, 0) is 41.5 Å². The maximum Gasteiger partial charge on any atom is 0.407 e. The van der Waals surface area contributed by atoms with Crippen molar-refractivity contribution < 1.29 is 14.3 Å². The largest absolute Gasteiger partial charge is 0.444 e. The summed E-state index contributed by atoms with van der Waals surface area (Å²) < 4.78 is 5.10. The second-order valence-corrected chi connectivity index (χ2v) is 5.92. The summed E-state index contributed by atoms with van der Waals surface area (Å²) in [5, 5.41) is 5.65. The Balaban J connectivity index is 4.09. The molecule has 0 saturated heterocycles. The number of carbonyl (C=O) groups excluding carboxylic acids is 2. The van der Waals surface area contributed by atoms with Crippen molar-refractivity contribution in [2.45, 2.75) is 58.7 Å². The summed E-state index contributed by atoms with van der Waals surface area (Å²) in [5.41, 5.74) is 3.91. The SMILES string of the molecule is CC(CNC(=O)OC(C)(C)C)NC(C)(C)C(N)=O. The highest BCUT2D eigenvalue weighted by molar-refractivity contribution is 5.83. The first kappa shape index (κ1) is 16.7. The van der Waals surface area contributed by atoms with E-state index in [0.29, 0.717) is 6.54 Å². The van der Waals surface area contributed by atoms with Crippen molar-refractivity contribution in [3.05, 3.63) is 0 Å². The molecule has 6 heteroatoms. The molecule has 0 spiro atoms. The lowest BCUT2D eigenvalue weighted by Crippen LogP contribution is -2.56. The number of ether oxygens (including phenoxy) is 1. The van der Waals surface area contributed by atoms with E-state index in [9.17, 15) is 9.59 Å². The van der Waals surface area contributed by atoms with Crippen molar-refractivity contribution in [1.29, 1.82) is 0 Å². The number of alkyl carbamates (subject to hydrolysis) is 1. The van der Waals surface area contributed by atoms with Crippen LogP contribution in [-0.4, -0.2) is 35.7 Å². The summed E-state index contributed by atoms with van der Waals surface area (Å²) in [6.07, 6.45) is -0.479. The number of rotatable bonds is 5. The molecule has 2 amide bonds. The van der Waals surface area contributed by atoms with Gasteiger partial charge >= 0.3 is 6.09 Å². The molecular weight excluding hydrogens is 234 g/mol. The molecule has 0 bridgehead atoms. The second kappa shape index (κ2) is 6.04. The van der Waals surface area contributed by atoms with Gasteiger partial charge in [-0.2, -0.15) is 0 Å². The monoisotopic (exact) mass is 259 g/mol. The van der Waals surface area contributed by atoms with Crippen LogP contribution in [-0.2, 0) is 9.53 Å². The predicted molar refractivity (Wildman–Crippen MR) is 70.1 cm³/mol. The summed E-state index contributed by atoms with van der Waals surface area (Å²) in [7, 11) is 0.